The molecule has 4 heterocycles. The lowest BCUT2D eigenvalue weighted by atomic mass is 10.0. The van der Waals surface area contributed by atoms with E-state index in [1.807, 2.05) is 12.1 Å². The van der Waals surface area contributed by atoms with Crippen molar-refractivity contribution < 1.29 is 4.42 Å². The van der Waals surface area contributed by atoms with Crippen LogP contribution < -0.4 is 0 Å². The molecule has 0 spiro atoms. The van der Waals surface area contributed by atoms with Gasteiger partial charge in [0.05, 0.1) is 33.1 Å². The summed E-state index contributed by atoms with van der Waals surface area (Å²) in [5, 5.41) is 4.71. The minimum Gasteiger partial charge on any atom is -0.455 e. The summed E-state index contributed by atoms with van der Waals surface area (Å²) < 4.78 is 13.4. The number of furan rings is 1. The first kappa shape index (κ1) is 29.2. The van der Waals surface area contributed by atoms with Gasteiger partial charge in [0.2, 0.25) is 5.78 Å². The van der Waals surface area contributed by atoms with E-state index in [0.29, 0.717) is 0 Å². The molecule has 252 valence electrons. The number of fused-ring (bicyclic) bond motifs is 11. The Kier molecular flexibility index (Phi) is 5.99. The molecular formula is C49H30N4O. The highest BCUT2D eigenvalue weighted by Gasteiger charge is 2.21. The molecule has 0 radical (unpaired) electrons. The van der Waals surface area contributed by atoms with Gasteiger partial charge < -0.3 is 8.98 Å². The molecular weight excluding hydrogens is 661 g/mol. The van der Waals surface area contributed by atoms with E-state index in [9.17, 15) is 0 Å². The summed E-state index contributed by atoms with van der Waals surface area (Å²) in [6, 6.07) is 64.8. The van der Waals surface area contributed by atoms with Gasteiger partial charge in [0, 0.05) is 44.0 Å². The van der Waals surface area contributed by atoms with Crippen LogP contribution in [-0.2, 0) is 0 Å². The van der Waals surface area contributed by atoms with Crippen molar-refractivity contribution in [2.24, 2.45) is 0 Å². The number of hydrogen-bond acceptors (Lipinski definition) is 2. The fourth-order valence-corrected chi connectivity index (χ4v) is 8.69. The average Bonchev–Trinajstić information content (AvgIpc) is 3.98. The molecule has 0 N–H and O–H groups in total. The number of para-hydroxylation sites is 7. The standard InChI is InChI=1S/C49H30N4O/c1-2-12-33(13-3-1)52-47-35(16-11-22-45(47)53-44-21-8-6-19-41(44)50-49(52)53)32-26-29-43-40(30-32)37-14-4-7-20-42(37)51(43)34-27-24-31(25-28-34)36-17-10-18-39-38-15-5-9-23-46(38)54-48(36)39/h1-30H. The number of imidazole rings is 2. The first-order valence-electron chi connectivity index (χ1n) is 18.3. The molecule has 0 saturated carbocycles. The zero-order valence-electron chi connectivity index (χ0n) is 29.0. The summed E-state index contributed by atoms with van der Waals surface area (Å²) >= 11 is 0. The Hall–Kier alpha value is -7.37. The van der Waals surface area contributed by atoms with Gasteiger partial charge in [-0.1, -0.05) is 115 Å². The maximum absolute atomic E-state index is 6.38. The van der Waals surface area contributed by atoms with Crippen LogP contribution in [0.25, 0.3) is 105 Å². The van der Waals surface area contributed by atoms with Crippen LogP contribution in [0, 0.1) is 0 Å². The zero-order chi connectivity index (χ0) is 35.3. The summed E-state index contributed by atoms with van der Waals surface area (Å²) in [6.07, 6.45) is 0. The van der Waals surface area contributed by atoms with Crippen LogP contribution in [0.4, 0.5) is 0 Å². The van der Waals surface area contributed by atoms with Crippen LogP contribution in [0.2, 0.25) is 0 Å². The SMILES string of the molecule is c1ccc(-n2c3c(-c4ccc5c(c4)c4ccccc4n5-c4ccc(-c5cccc6c5oc5ccccc56)cc4)cccc3n3c4ccccc4nc23)cc1. The lowest BCUT2D eigenvalue weighted by molar-refractivity contribution is 0.670. The molecule has 5 heteroatoms. The van der Waals surface area contributed by atoms with Crippen molar-refractivity contribution in [1.82, 2.24) is 18.5 Å². The summed E-state index contributed by atoms with van der Waals surface area (Å²) in [6.45, 7) is 0. The van der Waals surface area contributed by atoms with Gasteiger partial charge in [0.15, 0.2) is 0 Å². The summed E-state index contributed by atoms with van der Waals surface area (Å²) in [5.74, 6) is 0.905. The highest BCUT2D eigenvalue weighted by Crippen LogP contribution is 2.40. The number of nitrogens with zero attached hydrogens (tertiary/aromatic N) is 4. The second kappa shape index (κ2) is 11.1. The van der Waals surface area contributed by atoms with Crippen molar-refractivity contribution in [2.45, 2.75) is 0 Å². The average molecular weight is 691 g/mol. The largest absolute Gasteiger partial charge is 0.455 e. The van der Waals surface area contributed by atoms with E-state index >= 15 is 0 Å². The fraction of sp³-hybridized carbons (Fsp3) is 0. The molecule has 4 aromatic heterocycles. The summed E-state index contributed by atoms with van der Waals surface area (Å²) in [5.41, 5.74) is 15.3. The van der Waals surface area contributed by atoms with Gasteiger partial charge >= 0.3 is 0 Å². The molecule has 0 saturated heterocycles. The van der Waals surface area contributed by atoms with Gasteiger partial charge in [0.1, 0.15) is 11.2 Å². The third-order valence-electron chi connectivity index (χ3n) is 11.1. The van der Waals surface area contributed by atoms with E-state index in [4.69, 9.17) is 9.40 Å². The van der Waals surface area contributed by atoms with Crippen LogP contribution in [0.15, 0.2) is 186 Å². The van der Waals surface area contributed by atoms with E-state index in [-0.39, 0.29) is 0 Å². The summed E-state index contributed by atoms with van der Waals surface area (Å²) in [7, 11) is 0. The molecule has 54 heavy (non-hydrogen) atoms. The van der Waals surface area contributed by atoms with E-state index in [1.54, 1.807) is 0 Å². The molecule has 0 atom stereocenters. The molecule has 0 fully saturated rings. The lowest BCUT2D eigenvalue weighted by Gasteiger charge is -2.11. The second-order valence-electron chi connectivity index (χ2n) is 14.0. The minimum atomic E-state index is 0.905. The van der Waals surface area contributed by atoms with E-state index in [2.05, 4.69) is 183 Å². The van der Waals surface area contributed by atoms with Gasteiger partial charge in [-0.05, 0) is 77.9 Å². The molecule has 0 aliphatic rings. The predicted molar refractivity (Wildman–Crippen MR) is 222 cm³/mol. The fourth-order valence-electron chi connectivity index (χ4n) is 8.69. The van der Waals surface area contributed by atoms with Gasteiger partial charge in [-0.3, -0.25) is 8.97 Å². The number of rotatable bonds is 4. The van der Waals surface area contributed by atoms with Gasteiger partial charge in [0.25, 0.3) is 0 Å². The monoisotopic (exact) mass is 690 g/mol. The van der Waals surface area contributed by atoms with E-state index in [0.717, 1.165) is 83.4 Å². The maximum Gasteiger partial charge on any atom is 0.220 e. The van der Waals surface area contributed by atoms with Crippen LogP contribution in [-0.4, -0.2) is 18.5 Å². The Balaban J connectivity index is 1.04. The first-order chi connectivity index (χ1) is 26.8. The van der Waals surface area contributed by atoms with E-state index in [1.165, 1.54) is 21.8 Å². The van der Waals surface area contributed by atoms with Crippen LogP contribution in [0.1, 0.15) is 0 Å². The normalized spacial score (nSPS) is 12.1. The zero-order valence-corrected chi connectivity index (χ0v) is 29.0. The van der Waals surface area contributed by atoms with Gasteiger partial charge in [-0.2, -0.15) is 0 Å². The van der Waals surface area contributed by atoms with Crippen molar-refractivity contribution in [3.05, 3.63) is 182 Å². The van der Waals surface area contributed by atoms with Gasteiger partial charge in [-0.25, -0.2) is 4.98 Å². The Morgan fingerprint density at radius 2 is 1.06 bits per heavy atom. The third-order valence-corrected chi connectivity index (χ3v) is 11.1. The van der Waals surface area contributed by atoms with E-state index < -0.39 is 0 Å². The maximum atomic E-state index is 6.38. The predicted octanol–water partition coefficient (Wildman–Crippen LogP) is 12.8. The quantitative estimate of drug-likeness (QED) is 0.184. The van der Waals surface area contributed by atoms with Crippen molar-refractivity contribution in [3.63, 3.8) is 0 Å². The number of benzene rings is 8. The third kappa shape index (κ3) is 4.06. The summed E-state index contributed by atoms with van der Waals surface area (Å²) in [4.78, 5) is 5.16. The molecule has 12 rings (SSSR count). The Morgan fingerprint density at radius 1 is 0.407 bits per heavy atom. The lowest BCUT2D eigenvalue weighted by Crippen LogP contribution is -1.96. The highest BCUT2D eigenvalue weighted by molar-refractivity contribution is 6.12. The smallest absolute Gasteiger partial charge is 0.220 e. The van der Waals surface area contributed by atoms with Crippen molar-refractivity contribution in [3.8, 4) is 33.6 Å². The van der Waals surface area contributed by atoms with Gasteiger partial charge in [-0.15, -0.1) is 0 Å². The highest BCUT2D eigenvalue weighted by atomic mass is 16.3. The minimum absolute atomic E-state index is 0.905. The second-order valence-corrected chi connectivity index (χ2v) is 14.0. The topological polar surface area (TPSA) is 40.3 Å². The van der Waals surface area contributed by atoms with Crippen LogP contribution >= 0.6 is 0 Å². The molecule has 0 bridgehead atoms. The van der Waals surface area contributed by atoms with Crippen molar-refractivity contribution >= 4 is 71.6 Å². The van der Waals surface area contributed by atoms with Crippen molar-refractivity contribution in [2.75, 3.05) is 0 Å². The Bertz CT molecular complexity index is 3430. The molecule has 0 unspecified atom stereocenters. The Morgan fingerprint density at radius 3 is 1.94 bits per heavy atom. The molecule has 8 aromatic carbocycles. The molecule has 12 aromatic rings. The van der Waals surface area contributed by atoms with Crippen molar-refractivity contribution in [1.29, 1.82) is 0 Å². The van der Waals surface area contributed by atoms with Crippen LogP contribution in [0.5, 0.6) is 0 Å². The number of hydrogen-bond donors (Lipinski definition) is 0. The first-order valence-corrected chi connectivity index (χ1v) is 18.3. The van der Waals surface area contributed by atoms with Crippen LogP contribution in [0.3, 0.4) is 0 Å². The Labute approximate surface area is 309 Å². The molecule has 0 amide bonds. The molecule has 0 aliphatic carbocycles. The molecule has 0 aliphatic heterocycles. The molecule has 5 nitrogen and oxygen atoms in total. The number of aromatic nitrogens is 4.